The summed E-state index contributed by atoms with van der Waals surface area (Å²) in [5.74, 6) is 1.66. The smallest absolute Gasteiger partial charge is 0.199 e. The molecule has 0 aliphatic heterocycles. The van der Waals surface area contributed by atoms with E-state index in [0.717, 1.165) is 10.2 Å². The molecule has 0 amide bonds. The van der Waals surface area contributed by atoms with Crippen molar-refractivity contribution in [3.63, 3.8) is 0 Å². The second-order valence-electron chi connectivity index (χ2n) is 3.05. The summed E-state index contributed by atoms with van der Waals surface area (Å²) < 4.78 is 5.22. The second kappa shape index (κ2) is 3.06. The fourth-order valence-electron chi connectivity index (χ4n) is 1.39. The van der Waals surface area contributed by atoms with E-state index in [2.05, 4.69) is 9.97 Å². The number of fused-ring (bicyclic) bond motifs is 1. The molecule has 0 aliphatic carbocycles. The third-order valence-corrected chi connectivity index (χ3v) is 2.90. The van der Waals surface area contributed by atoms with Crippen molar-refractivity contribution in [1.29, 1.82) is 0 Å². The minimum atomic E-state index is 0.493. The number of hydrogen-bond donors (Lipinski definition) is 1. The van der Waals surface area contributed by atoms with Crippen LogP contribution in [0.5, 0.6) is 0 Å². The average Bonchev–Trinajstić information content (AvgIpc) is 2.88. The van der Waals surface area contributed by atoms with Crippen LogP contribution in [0.15, 0.2) is 34.3 Å². The molecule has 4 nitrogen and oxygen atoms in total. The fraction of sp³-hybridized carbons (Fsp3) is 0. The van der Waals surface area contributed by atoms with Gasteiger partial charge in [-0.1, -0.05) is 0 Å². The van der Waals surface area contributed by atoms with E-state index in [9.17, 15) is 0 Å². The van der Waals surface area contributed by atoms with Gasteiger partial charge in [0, 0.05) is 0 Å². The Morgan fingerprint density at radius 3 is 3.00 bits per heavy atom. The lowest BCUT2D eigenvalue weighted by Gasteiger charge is -1.98. The predicted octanol–water partition coefficient (Wildman–Crippen LogP) is 2.53. The van der Waals surface area contributed by atoms with Gasteiger partial charge in [0.1, 0.15) is 10.6 Å². The van der Waals surface area contributed by atoms with Crippen molar-refractivity contribution < 1.29 is 4.42 Å². The maximum absolute atomic E-state index is 5.82. The molecule has 0 spiro atoms. The molecular formula is C10H7N3OS. The fourth-order valence-corrected chi connectivity index (χ4v) is 2.17. The van der Waals surface area contributed by atoms with Gasteiger partial charge in [-0.05, 0) is 23.6 Å². The molecule has 0 fully saturated rings. The number of thiophene rings is 1. The SMILES string of the molecule is Nc1nc(-c2ccco2)nc2sccc12. The van der Waals surface area contributed by atoms with Crippen LogP contribution in [-0.4, -0.2) is 9.97 Å². The highest BCUT2D eigenvalue weighted by molar-refractivity contribution is 7.16. The zero-order valence-corrected chi connectivity index (χ0v) is 8.49. The molecule has 2 N–H and O–H groups in total. The molecule has 0 aromatic carbocycles. The van der Waals surface area contributed by atoms with Gasteiger partial charge in [0.25, 0.3) is 0 Å². The summed E-state index contributed by atoms with van der Waals surface area (Å²) in [6.07, 6.45) is 1.59. The monoisotopic (exact) mass is 217 g/mol. The third kappa shape index (κ3) is 1.28. The summed E-state index contributed by atoms with van der Waals surface area (Å²) in [6, 6.07) is 5.53. The standard InChI is InChI=1S/C10H7N3OS/c11-8-6-3-5-15-10(6)13-9(12-8)7-2-1-4-14-7/h1-5H,(H2,11,12,13). The molecule has 3 aromatic rings. The molecule has 0 saturated carbocycles. The van der Waals surface area contributed by atoms with Gasteiger partial charge in [0.15, 0.2) is 11.6 Å². The van der Waals surface area contributed by atoms with Crippen molar-refractivity contribution in [3.05, 3.63) is 29.8 Å². The number of nitrogen functional groups attached to an aromatic ring is 1. The Morgan fingerprint density at radius 1 is 1.27 bits per heavy atom. The van der Waals surface area contributed by atoms with E-state index >= 15 is 0 Å². The summed E-state index contributed by atoms with van der Waals surface area (Å²) in [5, 5.41) is 2.84. The van der Waals surface area contributed by atoms with Crippen molar-refractivity contribution in [3.8, 4) is 11.6 Å². The van der Waals surface area contributed by atoms with Crippen molar-refractivity contribution in [2.45, 2.75) is 0 Å². The molecule has 3 aromatic heterocycles. The van der Waals surface area contributed by atoms with Gasteiger partial charge in [-0.15, -0.1) is 11.3 Å². The highest BCUT2D eigenvalue weighted by Gasteiger charge is 2.09. The zero-order valence-electron chi connectivity index (χ0n) is 7.68. The van der Waals surface area contributed by atoms with Crippen molar-refractivity contribution in [2.24, 2.45) is 0 Å². The molecule has 0 radical (unpaired) electrons. The van der Waals surface area contributed by atoms with Gasteiger partial charge in [0.05, 0.1) is 11.6 Å². The van der Waals surface area contributed by atoms with Crippen LogP contribution in [0.1, 0.15) is 0 Å². The molecule has 0 aliphatic rings. The van der Waals surface area contributed by atoms with Gasteiger partial charge < -0.3 is 10.2 Å². The number of nitrogens with two attached hydrogens (primary N) is 1. The van der Waals surface area contributed by atoms with E-state index in [1.807, 2.05) is 17.5 Å². The predicted molar refractivity (Wildman–Crippen MR) is 59.5 cm³/mol. The first-order valence-electron chi connectivity index (χ1n) is 4.39. The highest BCUT2D eigenvalue weighted by atomic mass is 32.1. The Kier molecular flexibility index (Phi) is 1.72. The van der Waals surface area contributed by atoms with Gasteiger partial charge >= 0.3 is 0 Å². The number of anilines is 1. The van der Waals surface area contributed by atoms with Gasteiger partial charge in [0.2, 0.25) is 0 Å². The van der Waals surface area contributed by atoms with E-state index in [1.165, 1.54) is 0 Å². The summed E-state index contributed by atoms with van der Waals surface area (Å²) in [5.41, 5.74) is 5.82. The van der Waals surface area contributed by atoms with Crippen LogP contribution in [0, 0.1) is 0 Å². The molecule has 5 heteroatoms. The maximum Gasteiger partial charge on any atom is 0.199 e. The van der Waals surface area contributed by atoms with Crippen LogP contribution < -0.4 is 5.73 Å². The normalized spacial score (nSPS) is 10.9. The Bertz CT molecular complexity index is 600. The Morgan fingerprint density at radius 2 is 2.20 bits per heavy atom. The van der Waals surface area contributed by atoms with E-state index in [4.69, 9.17) is 10.2 Å². The van der Waals surface area contributed by atoms with Crippen LogP contribution in [0.2, 0.25) is 0 Å². The number of furan rings is 1. The van der Waals surface area contributed by atoms with Gasteiger partial charge in [-0.25, -0.2) is 9.97 Å². The van der Waals surface area contributed by atoms with Crippen LogP contribution in [0.3, 0.4) is 0 Å². The Labute approximate surface area is 89.4 Å². The molecule has 15 heavy (non-hydrogen) atoms. The average molecular weight is 217 g/mol. The summed E-state index contributed by atoms with van der Waals surface area (Å²) >= 11 is 1.54. The second-order valence-corrected chi connectivity index (χ2v) is 3.94. The zero-order chi connectivity index (χ0) is 10.3. The van der Waals surface area contributed by atoms with Gasteiger partial charge in [-0.3, -0.25) is 0 Å². The first-order chi connectivity index (χ1) is 7.34. The van der Waals surface area contributed by atoms with Crippen LogP contribution in [-0.2, 0) is 0 Å². The summed E-state index contributed by atoms with van der Waals surface area (Å²) in [7, 11) is 0. The molecule has 0 unspecified atom stereocenters. The van der Waals surface area contributed by atoms with Crippen LogP contribution in [0.4, 0.5) is 5.82 Å². The first-order valence-corrected chi connectivity index (χ1v) is 5.27. The Balaban J connectivity index is 2.29. The molecule has 0 bridgehead atoms. The topological polar surface area (TPSA) is 64.9 Å². The maximum atomic E-state index is 5.82. The van der Waals surface area contributed by atoms with Crippen molar-refractivity contribution in [1.82, 2.24) is 9.97 Å². The molecule has 0 saturated heterocycles. The van der Waals surface area contributed by atoms with E-state index in [0.29, 0.717) is 17.4 Å². The van der Waals surface area contributed by atoms with E-state index in [1.54, 1.807) is 23.7 Å². The van der Waals surface area contributed by atoms with E-state index < -0.39 is 0 Å². The van der Waals surface area contributed by atoms with Crippen molar-refractivity contribution >= 4 is 27.4 Å². The number of rotatable bonds is 1. The number of aromatic nitrogens is 2. The third-order valence-electron chi connectivity index (χ3n) is 2.10. The van der Waals surface area contributed by atoms with Crippen LogP contribution >= 0.6 is 11.3 Å². The molecular weight excluding hydrogens is 210 g/mol. The van der Waals surface area contributed by atoms with Crippen LogP contribution in [0.25, 0.3) is 21.8 Å². The largest absolute Gasteiger partial charge is 0.461 e. The molecule has 74 valence electrons. The highest BCUT2D eigenvalue weighted by Crippen LogP contribution is 2.26. The molecule has 0 atom stereocenters. The van der Waals surface area contributed by atoms with Gasteiger partial charge in [-0.2, -0.15) is 0 Å². The van der Waals surface area contributed by atoms with E-state index in [-0.39, 0.29) is 0 Å². The minimum Gasteiger partial charge on any atom is -0.461 e. The lowest BCUT2D eigenvalue weighted by molar-refractivity contribution is 0.578. The lowest BCUT2D eigenvalue weighted by atomic mass is 10.3. The molecule has 3 heterocycles. The first kappa shape index (κ1) is 8.43. The number of nitrogens with zero attached hydrogens (tertiary/aromatic N) is 2. The van der Waals surface area contributed by atoms with Crippen molar-refractivity contribution in [2.75, 3.05) is 5.73 Å². The Hall–Kier alpha value is -1.88. The minimum absolute atomic E-state index is 0.493. The quantitative estimate of drug-likeness (QED) is 0.680. The molecule has 3 rings (SSSR count). The number of hydrogen-bond acceptors (Lipinski definition) is 5. The lowest BCUT2D eigenvalue weighted by Crippen LogP contribution is -1.95. The summed E-state index contributed by atoms with van der Waals surface area (Å²) in [6.45, 7) is 0. The summed E-state index contributed by atoms with van der Waals surface area (Å²) in [4.78, 5) is 9.45.